The highest BCUT2D eigenvalue weighted by molar-refractivity contribution is 7.91. The maximum Gasteiger partial charge on any atom is 0.248 e. The van der Waals surface area contributed by atoms with Crippen LogP contribution in [0.3, 0.4) is 0 Å². The van der Waals surface area contributed by atoms with Crippen LogP contribution in [0, 0.1) is 0 Å². The Morgan fingerprint density at radius 3 is 2.95 bits per heavy atom. The number of anilines is 2. The van der Waals surface area contributed by atoms with E-state index >= 15 is 0 Å². The molecule has 1 atom stereocenters. The summed E-state index contributed by atoms with van der Waals surface area (Å²) in [5.41, 5.74) is 1.51. The molecule has 1 amide bonds. The van der Waals surface area contributed by atoms with Crippen LogP contribution in [0.25, 0.3) is 0 Å². The van der Waals surface area contributed by atoms with Crippen molar-refractivity contribution in [3.63, 3.8) is 0 Å². The van der Waals surface area contributed by atoms with Crippen molar-refractivity contribution < 1.29 is 17.9 Å². The second kappa shape index (κ2) is 4.12. The normalized spacial score (nSPS) is 24.2. The number of methoxy groups -OCH3 is 1. The molecule has 1 fully saturated rings. The molecule has 1 aromatic rings. The van der Waals surface area contributed by atoms with Crippen LogP contribution in [0.15, 0.2) is 18.2 Å². The van der Waals surface area contributed by atoms with Gasteiger partial charge in [0.1, 0.15) is 11.8 Å². The number of hydrogen-bond acceptors (Lipinski definition) is 5. The topological polar surface area (TPSA) is 75.7 Å². The number of rotatable bonds is 1. The van der Waals surface area contributed by atoms with E-state index in [9.17, 15) is 13.2 Å². The zero-order valence-corrected chi connectivity index (χ0v) is 11.2. The van der Waals surface area contributed by atoms with E-state index in [2.05, 4.69) is 5.32 Å². The molecule has 7 heteroatoms. The highest BCUT2D eigenvalue weighted by Crippen LogP contribution is 2.36. The molecule has 3 rings (SSSR count). The van der Waals surface area contributed by atoms with Gasteiger partial charge in [-0.3, -0.25) is 4.79 Å². The van der Waals surface area contributed by atoms with Crippen molar-refractivity contribution in [3.05, 3.63) is 18.2 Å². The van der Waals surface area contributed by atoms with Crippen molar-refractivity contribution in [1.82, 2.24) is 0 Å². The largest absolute Gasteiger partial charge is 0.497 e. The number of hydrogen-bond donors (Lipinski definition) is 1. The first-order valence-corrected chi connectivity index (χ1v) is 7.78. The Bertz CT molecular complexity index is 641. The molecule has 2 aliphatic rings. The Kier molecular flexibility index (Phi) is 2.67. The highest BCUT2D eigenvalue weighted by Gasteiger charge is 2.40. The second-order valence-electron chi connectivity index (χ2n) is 4.70. The van der Waals surface area contributed by atoms with Gasteiger partial charge in [-0.2, -0.15) is 0 Å². The van der Waals surface area contributed by atoms with E-state index in [0.717, 1.165) is 5.69 Å². The molecule has 2 aliphatic heterocycles. The first-order valence-electron chi connectivity index (χ1n) is 5.96. The number of amides is 1. The van der Waals surface area contributed by atoms with Gasteiger partial charge in [0.05, 0.1) is 30.0 Å². The molecule has 0 aromatic heterocycles. The fourth-order valence-corrected chi connectivity index (χ4v) is 3.96. The van der Waals surface area contributed by atoms with E-state index in [4.69, 9.17) is 4.74 Å². The Balaban J connectivity index is 2.05. The van der Waals surface area contributed by atoms with Gasteiger partial charge >= 0.3 is 0 Å². The number of carbonyl (C=O) groups is 1. The van der Waals surface area contributed by atoms with Gasteiger partial charge in [-0.25, -0.2) is 8.42 Å². The molecule has 1 aromatic carbocycles. The molecule has 1 N–H and O–H groups in total. The number of carbonyl (C=O) groups excluding carboxylic acids is 1. The van der Waals surface area contributed by atoms with Crippen molar-refractivity contribution in [2.24, 2.45) is 0 Å². The first kappa shape index (κ1) is 12.3. The van der Waals surface area contributed by atoms with E-state index < -0.39 is 15.9 Å². The van der Waals surface area contributed by atoms with Gasteiger partial charge in [0, 0.05) is 12.6 Å². The average molecular weight is 282 g/mol. The van der Waals surface area contributed by atoms with Crippen molar-refractivity contribution >= 4 is 27.1 Å². The summed E-state index contributed by atoms with van der Waals surface area (Å²) in [5.74, 6) is 0.367. The lowest BCUT2D eigenvalue weighted by Crippen LogP contribution is -2.56. The van der Waals surface area contributed by atoms with Crippen molar-refractivity contribution in [1.29, 1.82) is 0 Å². The van der Waals surface area contributed by atoms with Gasteiger partial charge < -0.3 is 15.0 Å². The van der Waals surface area contributed by atoms with Gasteiger partial charge in [-0.1, -0.05) is 0 Å². The number of benzene rings is 1. The maximum atomic E-state index is 12.0. The molecule has 102 valence electrons. The first-order chi connectivity index (χ1) is 9.00. The average Bonchev–Trinajstić information content (AvgIpc) is 2.38. The predicted molar refractivity (Wildman–Crippen MR) is 71.4 cm³/mol. The summed E-state index contributed by atoms with van der Waals surface area (Å²) in [6, 6.07) is 4.71. The monoisotopic (exact) mass is 282 g/mol. The molecule has 19 heavy (non-hydrogen) atoms. The molecule has 1 unspecified atom stereocenters. The Hall–Kier alpha value is -1.76. The minimum atomic E-state index is -3.14. The number of fused-ring (bicyclic) bond motifs is 3. The van der Waals surface area contributed by atoms with Crippen molar-refractivity contribution in [2.45, 2.75) is 6.04 Å². The minimum Gasteiger partial charge on any atom is -0.497 e. The summed E-state index contributed by atoms with van der Waals surface area (Å²) in [5, 5.41) is 2.75. The zero-order chi connectivity index (χ0) is 13.6. The lowest BCUT2D eigenvalue weighted by molar-refractivity contribution is -0.117. The lowest BCUT2D eigenvalue weighted by atomic mass is 10.1. The van der Waals surface area contributed by atoms with Gasteiger partial charge in [-0.05, 0) is 12.1 Å². The predicted octanol–water partition coefficient (Wildman–Crippen LogP) is 0.251. The third kappa shape index (κ3) is 2.03. The molecule has 6 nitrogen and oxygen atoms in total. The van der Waals surface area contributed by atoms with Gasteiger partial charge in [0.25, 0.3) is 0 Å². The molecule has 0 saturated carbocycles. The van der Waals surface area contributed by atoms with E-state index in [1.807, 2.05) is 11.0 Å². The Morgan fingerprint density at radius 2 is 2.21 bits per heavy atom. The number of ether oxygens (including phenoxy) is 1. The molecule has 0 aliphatic carbocycles. The number of nitrogens with zero attached hydrogens (tertiary/aromatic N) is 1. The van der Waals surface area contributed by atoms with Crippen LogP contribution in [-0.4, -0.2) is 45.5 Å². The van der Waals surface area contributed by atoms with Crippen LogP contribution in [0.4, 0.5) is 11.4 Å². The third-order valence-corrected chi connectivity index (χ3v) is 5.13. The summed E-state index contributed by atoms with van der Waals surface area (Å²) < 4.78 is 28.5. The second-order valence-corrected chi connectivity index (χ2v) is 6.92. The summed E-state index contributed by atoms with van der Waals surface area (Å²) >= 11 is 0. The quantitative estimate of drug-likeness (QED) is 0.799. The zero-order valence-electron chi connectivity index (χ0n) is 10.4. The van der Waals surface area contributed by atoms with Crippen molar-refractivity contribution in [2.75, 3.05) is 35.4 Å². The molecule has 0 bridgehead atoms. The van der Waals surface area contributed by atoms with Gasteiger partial charge in [0.2, 0.25) is 5.91 Å². The smallest absolute Gasteiger partial charge is 0.248 e. The Labute approximate surface area is 111 Å². The molecular weight excluding hydrogens is 268 g/mol. The summed E-state index contributed by atoms with van der Waals surface area (Å²) in [4.78, 5) is 13.8. The fourth-order valence-electron chi connectivity index (χ4n) is 2.51. The standard InChI is InChI=1S/C12H14N2O4S/c1-18-8-2-3-9-10(6-8)14-4-5-19(16,17)7-11(14)12(15)13-9/h2-3,6,11H,4-5,7H2,1H3,(H,13,15). The molecular formula is C12H14N2O4S. The third-order valence-electron chi connectivity index (χ3n) is 3.51. The molecule has 1 saturated heterocycles. The molecule has 0 radical (unpaired) electrons. The molecule has 2 heterocycles. The van der Waals surface area contributed by atoms with Crippen LogP contribution in [-0.2, 0) is 14.6 Å². The van der Waals surface area contributed by atoms with E-state index in [-0.39, 0.29) is 17.4 Å². The van der Waals surface area contributed by atoms with Crippen LogP contribution < -0.4 is 15.0 Å². The van der Waals surface area contributed by atoms with Crippen molar-refractivity contribution in [3.8, 4) is 5.75 Å². The Morgan fingerprint density at radius 1 is 1.42 bits per heavy atom. The highest BCUT2D eigenvalue weighted by atomic mass is 32.2. The minimum absolute atomic E-state index is 0.0768. The van der Waals surface area contributed by atoms with Crippen LogP contribution in [0.1, 0.15) is 0 Å². The maximum absolute atomic E-state index is 12.0. The van der Waals surface area contributed by atoms with Crippen LogP contribution >= 0.6 is 0 Å². The summed E-state index contributed by atoms with van der Waals surface area (Å²) in [7, 11) is -1.57. The number of sulfone groups is 1. The van der Waals surface area contributed by atoms with E-state index in [1.165, 1.54) is 0 Å². The van der Waals surface area contributed by atoms with E-state index in [1.54, 1.807) is 19.2 Å². The summed E-state index contributed by atoms with van der Waals surface area (Å²) in [6.07, 6.45) is 0. The molecule has 0 spiro atoms. The van der Waals surface area contributed by atoms with Gasteiger partial charge in [0.15, 0.2) is 9.84 Å². The lowest BCUT2D eigenvalue weighted by Gasteiger charge is -2.40. The summed E-state index contributed by atoms with van der Waals surface area (Å²) in [6.45, 7) is 0.334. The SMILES string of the molecule is COc1ccc2c(c1)N1CCS(=O)(=O)CC1C(=O)N2. The number of nitrogens with one attached hydrogen (secondary N) is 1. The van der Waals surface area contributed by atoms with Crippen LogP contribution in [0.5, 0.6) is 5.75 Å². The fraction of sp³-hybridized carbons (Fsp3) is 0.417. The van der Waals surface area contributed by atoms with Crippen LogP contribution in [0.2, 0.25) is 0 Å². The van der Waals surface area contributed by atoms with Gasteiger partial charge in [-0.15, -0.1) is 0 Å². The van der Waals surface area contributed by atoms with E-state index in [0.29, 0.717) is 18.0 Å².